The highest BCUT2D eigenvalue weighted by Crippen LogP contribution is 2.26. The third kappa shape index (κ3) is 4.90. The summed E-state index contributed by atoms with van der Waals surface area (Å²) in [6, 6.07) is 14.1. The van der Waals surface area contributed by atoms with Crippen LogP contribution in [0.2, 0.25) is 0 Å². The zero-order chi connectivity index (χ0) is 20.8. The smallest absolute Gasteiger partial charge is 0.337 e. The van der Waals surface area contributed by atoms with Gasteiger partial charge in [0.05, 0.1) is 42.9 Å². The second-order valence-corrected chi connectivity index (χ2v) is 6.31. The molecular weight excluding hydrogens is 370 g/mol. The molecule has 148 valence electrons. The second kappa shape index (κ2) is 8.88. The third-order valence-corrected chi connectivity index (χ3v) is 4.20. The average molecular weight is 391 g/mol. The summed E-state index contributed by atoms with van der Waals surface area (Å²) in [6.45, 7) is 1.94. The number of anilines is 3. The van der Waals surface area contributed by atoms with Gasteiger partial charge < -0.3 is 20.1 Å². The van der Waals surface area contributed by atoms with E-state index in [4.69, 9.17) is 4.74 Å². The Kier molecular flexibility index (Phi) is 6.09. The topological polar surface area (TPSA) is 89.5 Å². The van der Waals surface area contributed by atoms with Gasteiger partial charge in [0.2, 0.25) is 0 Å². The number of amides is 1. The first-order valence-corrected chi connectivity index (χ1v) is 8.86. The fourth-order valence-corrected chi connectivity index (χ4v) is 2.72. The van der Waals surface area contributed by atoms with Gasteiger partial charge in [0.15, 0.2) is 0 Å². The molecule has 7 heteroatoms. The summed E-state index contributed by atoms with van der Waals surface area (Å²) < 4.78 is 9.99. The van der Waals surface area contributed by atoms with E-state index in [2.05, 4.69) is 20.4 Å². The number of carbonyl (C=O) groups excluding carboxylic acids is 2. The van der Waals surface area contributed by atoms with Crippen molar-refractivity contribution >= 4 is 28.9 Å². The Balaban J connectivity index is 1.74. The lowest BCUT2D eigenvalue weighted by Gasteiger charge is -2.12. The molecule has 0 atom stereocenters. The summed E-state index contributed by atoms with van der Waals surface area (Å²) >= 11 is 0. The number of methoxy groups -OCH3 is 2. The summed E-state index contributed by atoms with van der Waals surface area (Å²) in [4.78, 5) is 28.3. The lowest BCUT2D eigenvalue weighted by Crippen LogP contribution is -2.13. The molecule has 0 aliphatic rings. The number of nitrogens with one attached hydrogen (secondary N) is 2. The molecule has 7 nitrogen and oxygen atoms in total. The summed E-state index contributed by atoms with van der Waals surface area (Å²) in [5.41, 5.74) is 3.83. The van der Waals surface area contributed by atoms with Crippen molar-refractivity contribution in [2.75, 3.05) is 24.9 Å². The molecule has 0 bridgehead atoms. The normalized spacial score (nSPS) is 10.2. The lowest BCUT2D eigenvalue weighted by atomic mass is 10.2. The Bertz CT molecular complexity index is 1030. The number of hydrogen-bond acceptors (Lipinski definition) is 6. The largest absolute Gasteiger partial charge is 0.495 e. The van der Waals surface area contributed by atoms with E-state index >= 15 is 0 Å². The minimum atomic E-state index is -0.400. The van der Waals surface area contributed by atoms with Crippen LogP contribution in [0, 0.1) is 6.92 Å². The van der Waals surface area contributed by atoms with Crippen molar-refractivity contribution in [1.82, 2.24) is 4.98 Å². The number of ether oxygens (including phenoxy) is 2. The molecule has 29 heavy (non-hydrogen) atoms. The van der Waals surface area contributed by atoms with Crippen molar-refractivity contribution in [3.05, 3.63) is 77.6 Å². The number of aromatic nitrogens is 1. The van der Waals surface area contributed by atoms with E-state index < -0.39 is 5.97 Å². The fourth-order valence-electron chi connectivity index (χ4n) is 2.72. The molecule has 2 aromatic carbocycles. The van der Waals surface area contributed by atoms with Gasteiger partial charge in [-0.1, -0.05) is 6.07 Å². The van der Waals surface area contributed by atoms with Crippen molar-refractivity contribution < 1.29 is 19.1 Å². The van der Waals surface area contributed by atoms with E-state index in [0.29, 0.717) is 28.3 Å². The number of hydrogen-bond donors (Lipinski definition) is 2. The van der Waals surface area contributed by atoms with Gasteiger partial charge in [0.1, 0.15) is 5.75 Å². The molecule has 0 spiro atoms. The summed E-state index contributed by atoms with van der Waals surface area (Å²) in [5.74, 6) is -0.119. The zero-order valence-corrected chi connectivity index (χ0v) is 16.4. The highest BCUT2D eigenvalue weighted by molar-refractivity contribution is 6.05. The number of carbonyl (C=O) groups is 2. The molecule has 2 N–H and O–H groups in total. The van der Waals surface area contributed by atoms with Gasteiger partial charge in [0.25, 0.3) is 5.91 Å². The molecule has 0 saturated carbocycles. The highest BCUT2D eigenvalue weighted by Gasteiger charge is 2.11. The van der Waals surface area contributed by atoms with Crippen molar-refractivity contribution in [2.24, 2.45) is 0 Å². The SMILES string of the molecule is COC(=O)c1ccc(Nc2cncc(C(=O)Nc3cc(C)ccc3OC)c2)cc1. The predicted octanol–water partition coefficient (Wildman–Crippen LogP) is 4.18. The quantitative estimate of drug-likeness (QED) is 0.613. The minimum absolute atomic E-state index is 0.300. The molecule has 0 unspecified atom stereocenters. The fraction of sp³-hybridized carbons (Fsp3) is 0.136. The zero-order valence-electron chi connectivity index (χ0n) is 16.4. The molecule has 0 aliphatic carbocycles. The van der Waals surface area contributed by atoms with Crippen LogP contribution in [-0.2, 0) is 4.74 Å². The summed E-state index contributed by atoms with van der Waals surface area (Å²) in [6.07, 6.45) is 3.10. The minimum Gasteiger partial charge on any atom is -0.495 e. The Labute approximate surface area is 168 Å². The highest BCUT2D eigenvalue weighted by atomic mass is 16.5. The molecule has 0 aliphatic heterocycles. The van der Waals surface area contributed by atoms with E-state index in [1.54, 1.807) is 49.7 Å². The van der Waals surface area contributed by atoms with Crippen LogP contribution in [0.25, 0.3) is 0 Å². The van der Waals surface area contributed by atoms with Crippen LogP contribution in [0.5, 0.6) is 5.75 Å². The van der Waals surface area contributed by atoms with Crippen molar-refractivity contribution in [2.45, 2.75) is 6.92 Å². The number of esters is 1. The molecule has 1 amide bonds. The molecule has 0 saturated heterocycles. The van der Waals surface area contributed by atoms with E-state index in [9.17, 15) is 9.59 Å². The van der Waals surface area contributed by atoms with E-state index in [1.165, 1.54) is 13.3 Å². The van der Waals surface area contributed by atoms with Crippen LogP contribution in [-0.4, -0.2) is 31.1 Å². The van der Waals surface area contributed by atoms with Crippen LogP contribution in [0.4, 0.5) is 17.1 Å². The van der Waals surface area contributed by atoms with Gasteiger partial charge in [-0.2, -0.15) is 0 Å². The van der Waals surface area contributed by atoms with Crippen LogP contribution >= 0.6 is 0 Å². The van der Waals surface area contributed by atoms with Crippen molar-refractivity contribution in [3.63, 3.8) is 0 Å². The maximum absolute atomic E-state index is 12.7. The maximum Gasteiger partial charge on any atom is 0.337 e. The number of pyridine rings is 1. The predicted molar refractivity (Wildman–Crippen MR) is 111 cm³/mol. The summed E-state index contributed by atoms with van der Waals surface area (Å²) in [5, 5.41) is 6.01. The van der Waals surface area contributed by atoms with Gasteiger partial charge in [-0.05, 0) is 55.0 Å². The molecule has 3 rings (SSSR count). The van der Waals surface area contributed by atoms with Gasteiger partial charge in [0, 0.05) is 11.9 Å². The third-order valence-electron chi connectivity index (χ3n) is 4.20. The number of rotatable bonds is 6. The van der Waals surface area contributed by atoms with Crippen molar-refractivity contribution in [3.8, 4) is 5.75 Å². The standard InChI is InChI=1S/C22H21N3O4/c1-14-4-9-20(28-2)19(10-14)25-21(26)16-11-18(13-23-12-16)24-17-7-5-15(6-8-17)22(27)29-3/h4-13,24H,1-3H3,(H,25,26). The van der Waals surface area contributed by atoms with Crippen LogP contribution in [0.1, 0.15) is 26.3 Å². The summed E-state index contributed by atoms with van der Waals surface area (Å²) in [7, 11) is 2.89. The lowest BCUT2D eigenvalue weighted by molar-refractivity contribution is 0.0600. The van der Waals surface area contributed by atoms with Gasteiger partial charge in [-0.15, -0.1) is 0 Å². The number of aryl methyl sites for hydroxylation is 1. The average Bonchev–Trinajstić information content (AvgIpc) is 2.74. The first-order valence-electron chi connectivity index (χ1n) is 8.86. The molecule has 0 radical (unpaired) electrons. The van der Waals surface area contributed by atoms with Crippen LogP contribution in [0.3, 0.4) is 0 Å². The maximum atomic E-state index is 12.7. The Hall–Kier alpha value is -3.87. The van der Waals surface area contributed by atoms with Gasteiger partial charge in [-0.3, -0.25) is 9.78 Å². The number of nitrogens with zero attached hydrogens (tertiary/aromatic N) is 1. The Morgan fingerprint density at radius 1 is 0.897 bits per heavy atom. The first kappa shape index (κ1) is 19.9. The Morgan fingerprint density at radius 2 is 1.66 bits per heavy atom. The van der Waals surface area contributed by atoms with Crippen LogP contribution in [0.15, 0.2) is 60.9 Å². The molecule has 3 aromatic rings. The van der Waals surface area contributed by atoms with E-state index in [-0.39, 0.29) is 5.91 Å². The molecule has 0 fully saturated rings. The van der Waals surface area contributed by atoms with Gasteiger partial charge >= 0.3 is 5.97 Å². The number of benzene rings is 2. The molecule has 1 heterocycles. The monoisotopic (exact) mass is 391 g/mol. The van der Waals surface area contributed by atoms with E-state index in [0.717, 1.165) is 11.3 Å². The van der Waals surface area contributed by atoms with E-state index in [1.807, 2.05) is 19.1 Å². The molecule has 1 aromatic heterocycles. The Morgan fingerprint density at radius 3 is 2.34 bits per heavy atom. The van der Waals surface area contributed by atoms with Gasteiger partial charge in [-0.25, -0.2) is 4.79 Å². The van der Waals surface area contributed by atoms with Crippen LogP contribution < -0.4 is 15.4 Å². The first-order chi connectivity index (χ1) is 14.0. The molecular formula is C22H21N3O4. The van der Waals surface area contributed by atoms with Crippen molar-refractivity contribution in [1.29, 1.82) is 0 Å². The second-order valence-electron chi connectivity index (χ2n) is 6.31.